The van der Waals surface area contributed by atoms with Gasteiger partial charge in [0.2, 0.25) is 0 Å². The first-order chi connectivity index (χ1) is 20.0. The van der Waals surface area contributed by atoms with E-state index < -0.39 is 23.8 Å². The van der Waals surface area contributed by atoms with Gasteiger partial charge in [-0.25, -0.2) is 0 Å². The number of carbonyl (C=O) groups excluding carboxylic acids is 3. The van der Waals surface area contributed by atoms with E-state index in [-0.39, 0.29) is 31.7 Å². The number of hydrogen-bond donors (Lipinski definition) is 0. The lowest BCUT2D eigenvalue weighted by Crippen LogP contribution is -2.36. The average molecular weight is 557 g/mol. The molecule has 3 aromatic carbocycles. The zero-order chi connectivity index (χ0) is 28.4. The van der Waals surface area contributed by atoms with Gasteiger partial charge in [-0.15, -0.1) is 0 Å². The highest BCUT2D eigenvalue weighted by atomic mass is 16.5. The number of ether oxygens (including phenoxy) is 3. The van der Waals surface area contributed by atoms with Crippen LogP contribution in [0.3, 0.4) is 0 Å². The zero-order valence-corrected chi connectivity index (χ0v) is 23.1. The minimum atomic E-state index is -0.628. The van der Waals surface area contributed by atoms with Gasteiger partial charge in [0.05, 0.1) is 24.4 Å². The minimum absolute atomic E-state index is 0.154. The Morgan fingerprint density at radius 1 is 0.561 bits per heavy atom. The number of nitrogens with zero attached hydrogens (tertiary/aromatic N) is 2. The van der Waals surface area contributed by atoms with E-state index in [1.165, 1.54) is 0 Å². The number of rotatable bonds is 11. The Balaban J connectivity index is 1.16. The molecule has 3 atom stereocenters. The summed E-state index contributed by atoms with van der Waals surface area (Å²) in [7, 11) is 0. The molecule has 2 fully saturated rings. The third-order valence-electron chi connectivity index (χ3n) is 7.68. The lowest BCUT2D eigenvalue weighted by atomic mass is 9.96. The van der Waals surface area contributed by atoms with Gasteiger partial charge in [0.15, 0.2) is 0 Å². The molecule has 0 unspecified atom stereocenters. The molecule has 41 heavy (non-hydrogen) atoms. The maximum Gasteiger partial charge on any atom is 0.311 e. The van der Waals surface area contributed by atoms with Gasteiger partial charge < -0.3 is 14.2 Å². The molecule has 0 aliphatic carbocycles. The van der Waals surface area contributed by atoms with E-state index in [9.17, 15) is 14.4 Å². The molecular formula is C33H36N2O6. The maximum absolute atomic E-state index is 13.2. The third kappa shape index (κ3) is 8.02. The van der Waals surface area contributed by atoms with E-state index in [1.807, 2.05) is 91.0 Å². The number of likely N-dealkylation sites (tertiary alicyclic amines) is 2. The molecular weight excluding hydrogens is 520 g/mol. The Morgan fingerprint density at radius 2 is 0.976 bits per heavy atom. The molecule has 2 heterocycles. The van der Waals surface area contributed by atoms with Crippen LogP contribution >= 0.6 is 0 Å². The summed E-state index contributed by atoms with van der Waals surface area (Å²) in [6.07, 6.45) is 0.715. The predicted molar refractivity (Wildman–Crippen MR) is 152 cm³/mol. The van der Waals surface area contributed by atoms with Crippen molar-refractivity contribution in [3.63, 3.8) is 0 Å². The molecule has 5 rings (SSSR count). The summed E-state index contributed by atoms with van der Waals surface area (Å²) in [6, 6.07) is 28.6. The lowest BCUT2D eigenvalue weighted by Gasteiger charge is -2.23. The van der Waals surface area contributed by atoms with Crippen molar-refractivity contribution in [3.8, 4) is 0 Å². The summed E-state index contributed by atoms with van der Waals surface area (Å²) in [5.41, 5.74) is 2.74. The van der Waals surface area contributed by atoms with Gasteiger partial charge in [-0.2, -0.15) is 0 Å². The van der Waals surface area contributed by atoms with Gasteiger partial charge in [0, 0.05) is 26.2 Å². The Labute approximate surface area is 240 Å². The van der Waals surface area contributed by atoms with Crippen molar-refractivity contribution in [2.24, 2.45) is 17.8 Å². The van der Waals surface area contributed by atoms with Crippen LogP contribution in [0.2, 0.25) is 0 Å². The van der Waals surface area contributed by atoms with Crippen LogP contribution in [0.1, 0.15) is 23.1 Å². The summed E-state index contributed by atoms with van der Waals surface area (Å²) >= 11 is 0. The zero-order valence-electron chi connectivity index (χ0n) is 23.1. The Morgan fingerprint density at radius 3 is 1.41 bits per heavy atom. The Bertz CT molecular complexity index is 1220. The maximum atomic E-state index is 13.2. The SMILES string of the molecule is O=C(OCc1ccccc1)[C@@H]1CCN(CN2C[C@H](C(=O)OCc3ccccc3)[C@@H](C(=O)OCc3ccccc3)C2)C1. The van der Waals surface area contributed by atoms with Gasteiger partial charge in [0.25, 0.3) is 0 Å². The average Bonchev–Trinajstić information content (AvgIpc) is 3.67. The van der Waals surface area contributed by atoms with Crippen LogP contribution in [0.25, 0.3) is 0 Å². The lowest BCUT2D eigenvalue weighted by molar-refractivity contribution is -0.160. The molecule has 8 heteroatoms. The first-order valence-corrected chi connectivity index (χ1v) is 14.1. The predicted octanol–water partition coefficient (Wildman–Crippen LogP) is 4.04. The molecule has 2 aliphatic rings. The van der Waals surface area contributed by atoms with Crippen molar-refractivity contribution in [1.82, 2.24) is 9.80 Å². The number of benzene rings is 3. The topological polar surface area (TPSA) is 85.4 Å². The van der Waals surface area contributed by atoms with Crippen LogP contribution in [0.5, 0.6) is 0 Å². The summed E-state index contributed by atoms with van der Waals surface area (Å²) in [6.45, 7) is 3.22. The summed E-state index contributed by atoms with van der Waals surface area (Å²) in [4.78, 5) is 43.3. The second-order valence-corrected chi connectivity index (χ2v) is 10.7. The van der Waals surface area contributed by atoms with Crippen molar-refractivity contribution in [2.45, 2.75) is 26.2 Å². The third-order valence-corrected chi connectivity index (χ3v) is 7.68. The van der Waals surface area contributed by atoms with Crippen LogP contribution in [-0.4, -0.2) is 60.6 Å². The van der Waals surface area contributed by atoms with Crippen molar-refractivity contribution in [1.29, 1.82) is 0 Å². The highest BCUT2D eigenvalue weighted by molar-refractivity contribution is 5.83. The van der Waals surface area contributed by atoms with Crippen molar-refractivity contribution >= 4 is 17.9 Å². The number of hydrogen-bond acceptors (Lipinski definition) is 8. The van der Waals surface area contributed by atoms with Crippen LogP contribution in [0.4, 0.5) is 0 Å². The van der Waals surface area contributed by atoms with E-state index >= 15 is 0 Å². The summed E-state index contributed by atoms with van der Waals surface area (Å²) in [5, 5.41) is 0. The minimum Gasteiger partial charge on any atom is -0.461 e. The molecule has 0 N–H and O–H groups in total. The number of carbonyl (C=O) groups is 3. The van der Waals surface area contributed by atoms with Crippen molar-refractivity contribution < 1.29 is 28.6 Å². The van der Waals surface area contributed by atoms with E-state index in [1.54, 1.807) is 0 Å². The highest BCUT2D eigenvalue weighted by Gasteiger charge is 2.44. The molecule has 0 saturated carbocycles. The van der Waals surface area contributed by atoms with Gasteiger partial charge in [-0.1, -0.05) is 91.0 Å². The molecule has 2 aliphatic heterocycles. The van der Waals surface area contributed by atoms with E-state index in [0.29, 0.717) is 32.7 Å². The monoisotopic (exact) mass is 556 g/mol. The van der Waals surface area contributed by atoms with E-state index in [2.05, 4.69) is 9.80 Å². The highest BCUT2D eigenvalue weighted by Crippen LogP contribution is 2.28. The first-order valence-electron chi connectivity index (χ1n) is 14.1. The molecule has 0 spiro atoms. The standard InChI is InChI=1S/C33H36N2O6/c36-31(39-21-25-10-4-1-5-11-25)28-16-17-34(18-28)24-35-19-29(32(37)40-22-26-12-6-2-7-13-26)30(20-35)33(38)41-23-27-14-8-3-9-15-27/h1-15,28-30H,16-24H2/t28-,29+,30+/m1/s1. The van der Waals surface area contributed by atoms with Gasteiger partial charge in [-0.3, -0.25) is 24.2 Å². The van der Waals surface area contributed by atoms with Gasteiger partial charge in [-0.05, 0) is 23.1 Å². The fourth-order valence-corrected chi connectivity index (χ4v) is 5.43. The fraction of sp³-hybridized carbons (Fsp3) is 0.364. The quantitative estimate of drug-likeness (QED) is 0.259. The largest absolute Gasteiger partial charge is 0.461 e. The molecule has 0 radical (unpaired) electrons. The Kier molecular flexibility index (Phi) is 9.78. The summed E-state index contributed by atoms with van der Waals surface area (Å²) in [5.74, 6) is -2.45. The second-order valence-electron chi connectivity index (χ2n) is 10.7. The van der Waals surface area contributed by atoms with Crippen LogP contribution < -0.4 is 0 Å². The van der Waals surface area contributed by atoms with Crippen LogP contribution in [0.15, 0.2) is 91.0 Å². The number of esters is 3. The van der Waals surface area contributed by atoms with Gasteiger partial charge >= 0.3 is 17.9 Å². The Hall–Kier alpha value is -4.01. The molecule has 2 saturated heterocycles. The first kappa shape index (κ1) is 28.5. The van der Waals surface area contributed by atoms with Crippen molar-refractivity contribution in [3.05, 3.63) is 108 Å². The van der Waals surface area contributed by atoms with Crippen molar-refractivity contribution in [2.75, 3.05) is 32.8 Å². The smallest absolute Gasteiger partial charge is 0.311 e. The van der Waals surface area contributed by atoms with E-state index in [0.717, 1.165) is 23.2 Å². The molecule has 0 aromatic heterocycles. The molecule has 0 amide bonds. The normalized spacial score (nSPS) is 20.9. The van der Waals surface area contributed by atoms with Crippen LogP contribution in [0, 0.1) is 17.8 Å². The molecule has 3 aromatic rings. The molecule has 0 bridgehead atoms. The van der Waals surface area contributed by atoms with Gasteiger partial charge in [0.1, 0.15) is 19.8 Å². The van der Waals surface area contributed by atoms with E-state index in [4.69, 9.17) is 14.2 Å². The molecule has 8 nitrogen and oxygen atoms in total. The summed E-state index contributed by atoms with van der Waals surface area (Å²) < 4.78 is 16.8. The fourth-order valence-electron chi connectivity index (χ4n) is 5.43. The molecule has 214 valence electrons. The van der Waals surface area contributed by atoms with Crippen LogP contribution in [-0.2, 0) is 48.4 Å². The second kappa shape index (κ2) is 14.1.